The molecule has 2 aliphatic rings. The quantitative estimate of drug-likeness (QED) is 0.848. The summed E-state index contributed by atoms with van der Waals surface area (Å²) < 4.78 is 10.7. The molecule has 3 rings (SSSR count). The summed E-state index contributed by atoms with van der Waals surface area (Å²) in [4.78, 5) is 2.34. The molecule has 0 saturated carbocycles. The predicted molar refractivity (Wildman–Crippen MR) is 71.2 cm³/mol. The van der Waals surface area contributed by atoms with Gasteiger partial charge < -0.3 is 20.3 Å². The molecule has 0 amide bonds. The topological polar surface area (TPSA) is 68.0 Å². The minimum absolute atomic E-state index is 0.161. The first kappa shape index (κ1) is 12.7. The first-order valence-electron chi connectivity index (χ1n) is 6.79. The zero-order valence-corrected chi connectivity index (χ0v) is 10.9. The van der Waals surface area contributed by atoms with Crippen molar-refractivity contribution in [2.45, 2.75) is 25.0 Å². The normalized spacial score (nSPS) is 21.6. The van der Waals surface area contributed by atoms with E-state index in [1.54, 1.807) is 0 Å². The summed E-state index contributed by atoms with van der Waals surface area (Å²) in [6.45, 7) is 2.63. The van der Waals surface area contributed by atoms with E-state index in [4.69, 9.17) is 15.2 Å². The summed E-state index contributed by atoms with van der Waals surface area (Å²) in [7, 11) is 0. The third-order valence-corrected chi connectivity index (χ3v) is 3.94. The number of hydrogen-bond acceptors (Lipinski definition) is 5. The van der Waals surface area contributed by atoms with Gasteiger partial charge in [0, 0.05) is 25.7 Å². The van der Waals surface area contributed by atoms with Crippen LogP contribution in [0.4, 0.5) is 0 Å². The summed E-state index contributed by atoms with van der Waals surface area (Å²) in [5.41, 5.74) is 7.09. The molecule has 2 aliphatic heterocycles. The highest BCUT2D eigenvalue weighted by molar-refractivity contribution is 5.45. The van der Waals surface area contributed by atoms with Gasteiger partial charge in [-0.25, -0.2) is 0 Å². The molecule has 0 aliphatic carbocycles. The number of benzene rings is 1. The van der Waals surface area contributed by atoms with Gasteiger partial charge >= 0.3 is 0 Å². The number of nitrogens with zero attached hydrogens (tertiary/aromatic N) is 1. The van der Waals surface area contributed by atoms with E-state index in [1.807, 2.05) is 12.1 Å². The lowest BCUT2D eigenvalue weighted by Gasteiger charge is -2.36. The molecule has 1 unspecified atom stereocenters. The van der Waals surface area contributed by atoms with Crippen LogP contribution < -0.4 is 15.2 Å². The number of fused-ring (bicyclic) bond motifs is 1. The van der Waals surface area contributed by atoms with Crippen LogP contribution in [0.15, 0.2) is 18.2 Å². The Bertz CT molecular complexity index is 444. The second-order valence-corrected chi connectivity index (χ2v) is 5.13. The summed E-state index contributed by atoms with van der Waals surface area (Å²) in [5.74, 6) is 1.60. The minimum Gasteiger partial charge on any atom is -0.454 e. The van der Waals surface area contributed by atoms with E-state index in [9.17, 15) is 5.11 Å². The highest BCUT2D eigenvalue weighted by atomic mass is 16.7. The van der Waals surface area contributed by atoms with Gasteiger partial charge in [-0.05, 0) is 30.5 Å². The molecule has 0 aromatic heterocycles. The summed E-state index contributed by atoms with van der Waals surface area (Å²) in [6, 6.07) is 6.20. The molecule has 5 nitrogen and oxygen atoms in total. The highest BCUT2D eigenvalue weighted by Crippen LogP contribution is 2.35. The molecule has 0 spiro atoms. The Morgan fingerprint density at radius 3 is 2.74 bits per heavy atom. The number of rotatable bonds is 3. The van der Waals surface area contributed by atoms with Crippen molar-refractivity contribution >= 4 is 0 Å². The van der Waals surface area contributed by atoms with Gasteiger partial charge in [0.15, 0.2) is 11.5 Å². The number of ether oxygens (including phenoxy) is 2. The molecule has 0 radical (unpaired) electrons. The molecule has 1 aromatic carbocycles. The van der Waals surface area contributed by atoms with Crippen molar-refractivity contribution in [1.29, 1.82) is 0 Å². The van der Waals surface area contributed by atoms with Gasteiger partial charge in [0.1, 0.15) is 0 Å². The molecule has 19 heavy (non-hydrogen) atoms. The van der Waals surface area contributed by atoms with Gasteiger partial charge in [0.2, 0.25) is 6.79 Å². The first-order chi connectivity index (χ1) is 9.28. The van der Waals surface area contributed by atoms with Crippen molar-refractivity contribution < 1.29 is 14.6 Å². The molecule has 1 saturated heterocycles. The van der Waals surface area contributed by atoms with Crippen LogP contribution in [-0.2, 0) is 0 Å². The fraction of sp³-hybridized carbons (Fsp3) is 0.571. The Hall–Kier alpha value is -1.30. The van der Waals surface area contributed by atoms with E-state index < -0.39 is 0 Å². The summed E-state index contributed by atoms with van der Waals surface area (Å²) in [5, 5.41) is 9.58. The average molecular weight is 264 g/mol. The molecule has 2 heterocycles. The van der Waals surface area contributed by atoms with Crippen LogP contribution in [0.5, 0.6) is 11.5 Å². The van der Waals surface area contributed by atoms with Crippen molar-refractivity contribution in [2.75, 3.05) is 26.4 Å². The molecular formula is C14H20N2O3. The van der Waals surface area contributed by atoms with Gasteiger partial charge in [-0.2, -0.15) is 0 Å². The third kappa shape index (κ3) is 2.54. The lowest BCUT2D eigenvalue weighted by Crippen LogP contribution is -2.41. The van der Waals surface area contributed by atoms with Gasteiger partial charge in [0.25, 0.3) is 0 Å². The number of nitrogens with two attached hydrogens (primary N) is 1. The van der Waals surface area contributed by atoms with Crippen LogP contribution in [0.1, 0.15) is 24.4 Å². The number of aliphatic hydroxyl groups excluding tert-OH is 1. The second-order valence-electron chi connectivity index (χ2n) is 5.13. The van der Waals surface area contributed by atoms with Crippen molar-refractivity contribution in [3.8, 4) is 11.5 Å². The van der Waals surface area contributed by atoms with E-state index >= 15 is 0 Å². The Morgan fingerprint density at radius 1 is 1.26 bits per heavy atom. The van der Waals surface area contributed by atoms with E-state index in [-0.39, 0.29) is 12.1 Å². The SMILES string of the molecule is NCC(c1ccc2c(c1)OCO2)N1CCC(O)CC1. The lowest BCUT2D eigenvalue weighted by atomic mass is 10.00. The average Bonchev–Trinajstić information content (AvgIpc) is 2.89. The van der Waals surface area contributed by atoms with Crippen molar-refractivity contribution in [3.63, 3.8) is 0 Å². The van der Waals surface area contributed by atoms with E-state index in [1.165, 1.54) is 0 Å². The van der Waals surface area contributed by atoms with Crippen LogP contribution in [0.2, 0.25) is 0 Å². The second kappa shape index (κ2) is 5.36. The Kier molecular flexibility index (Phi) is 3.59. The lowest BCUT2D eigenvalue weighted by molar-refractivity contribution is 0.0621. The Balaban J connectivity index is 1.78. The molecule has 5 heteroatoms. The third-order valence-electron chi connectivity index (χ3n) is 3.94. The smallest absolute Gasteiger partial charge is 0.231 e. The number of likely N-dealkylation sites (tertiary alicyclic amines) is 1. The maximum Gasteiger partial charge on any atom is 0.231 e. The summed E-state index contributed by atoms with van der Waals surface area (Å²) >= 11 is 0. The summed E-state index contributed by atoms with van der Waals surface area (Å²) in [6.07, 6.45) is 1.48. The van der Waals surface area contributed by atoms with Gasteiger partial charge in [-0.1, -0.05) is 6.07 Å². The Labute approximate surface area is 112 Å². The van der Waals surface area contributed by atoms with Crippen LogP contribution in [0.25, 0.3) is 0 Å². The van der Waals surface area contributed by atoms with Crippen molar-refractivity contribution in [1.82, 2.24) is 4.90 Å². The molecular weight excluding hydrogens is 244 g/mol. The molecule has 1 aromatic rings. The van der Waals surface area contributed by atoms with E-state index in [2.05, 4.69) is 11.0 Å². The molecule has 1 fully saturated rings. The van der Waals surface area contributed by atoms with E-state index in [0.29, 0.717) is 13.3 Å². The van der Waals surface area contributed by atoms with Crippen LogP contribution in [-0.4, -0.2) is 42.5 Å². The number of hydrogen-bond donors (Lipinski definition) is 2. The van der Waals surface area contributed by atoms with Gasteiger partial charge in [0.05, 0.1) is 6.10 Å². The molecule has 104 valence electrons. The maximum absolute atomic E-state index is 9.58. The van der Waals surface area contributed by atoms with Crippen molar-refractivity contribution in [3.05, 3.63) is 23.8 Å². The Morgan fingerprint density at radius 2 is 2.00 bits per heavy atom. The van der Waals surface area contributed by atoms with Crippen LogP contribution in [0, 0.1) is 0 Å². The largest absolute Gasteiger partial charge is 0.454 e. The fourth-order valence-electron chi connectivity index (χ4n) is 2.81. The maximum atomic E-state index is 9.58. The molecule has 0 bridgehead atoms. The number of piperidine rings is 1. The van der Waals surface area contributed by atoms with Crippen LogP contribution in [0.3, 0.4) is 0 Å². The monoisotopic (exact) mass is 264 g/mol. The molecule has 3 N–H and O–H groups in total. The van der Waals surface area contributed by atoms with Crippen molar-refractivity contribution in [2.24, 2.45) is 5.73 Å². The van der Waals surface area contributed by atoms with E-state index in [0.717, 1.165) is 43.0 Å². The number of aliphatic hydroxyl groups is 1. The zero-order valence-electron chi connectivity index (χ0n) is 10.9. The van der Waals surface area contributed by atoms with Gasteiger partial charge in [-0.3, -0.25) is 4.90 Å². The minimum atomic E-state index is -0.161. The molecule has 1 atom stereocenters. The zero-order chi connectivity index (χ0) is 13.2. The van der Waals surface area contributed by atoms with Gasteiger partial charge in [-0.15, -0.1) is 0 Å². The fourth-order valence-corrected chi connectivity index (χ4v) is 2.81. The first-order valence-corrected chi connectivity index (χ1v) is 6.79. The predicted octanol–water partition coefficient (Wildman–Crippen LogP) is 0.872. The highest BCUT2D eigenvalue weighted by Gasteiger charge is 2.25. The van der Waals surface area contributed by atoms with Crippen LogP contribution >= 0.6 is 0 Å². The standard InChI is InChI=1S/C14H20N2O3/c15-8-12(16-5-3-11(17)4-6-16)10-1-2-13-14(7-10)19-9-18-13/h1-2,7,11-12,17H,3-6,8-9,15H2.